The minimum Gasteiger partial charge on any atom is -0.373 e. The van der Waals surface area contributed by atoms with Crippen molar-refractivity contribution in [1.29, 1.82) is 0 Å². The van der Waals surface area contributed by atoms with Gasteiger partial charge in [0.15, 0.2) is 0 Å². The number of hydrogen-bond donors (Lipinski definition) is 1. The van der Waals surface area contributed by atoms with E-state index in [1.165, 1.54) is 5.56 Å². The molecule has 4 heteroatoms. The molecule has 1 aromatic rings. The molecule has 1 aliphatic rings. The van der Waals surface area contributed by atoms with E-state index in [9.17, 15) is 4.79 Å². The molecule has 0 saturated carbocycles. The molecule has 0 bridgehead atoms. The van der Waals surface area contributed by atoms with Crippen LogP contribution >= 0.6 is 0 Å². The van der Waals surface area contributed by atoms with Crippen LogP contribution in [0, 0.1) is 0 Å². The average Bonchev–Trinajstić information content (AvgIpc) is 2.38. The first-order valence-electron chi connectivity index (χ1n) is 7.32. The molecule has 1 heterocycles. The summed E-state index contributed by atoms with van der Waals surface area (Å²) in [6.45, 7) is 6.92. The van der Waals surface area contributed by atoms with E-state index < -0.39 is 0 Å². The molecule has 0 spiro atoms. The molecule has 0 aliphatic carbocycles. The smallest absolute Gasteiger partial charge is 0.234 e. The maximum Gasteiger partial charge on any atom is 0.234 e. The van der Waals surface area contributed by atoms with Gasteiger partial charge in [-0.2, -0.15) is 0 Å². The van der Waals surface area contributed by atoms with Crippen molar-refractivity contribution in [3.8, 4) is 0 Å². The van der Waals surface area contributed by atoms with Crippen LogP contribution in [0.25, 0.3) is 0 Å². The number of nitrogens with one attached hydrogen (secondary N) is 1. The number of morpholine rings is 1. The summed E-state index contributed by atoms with van der Waals surface area (Å²) >= 11 is 0. The molecule has 0 aromatic heterocycles. The zero-order valence-corrected chi connectivity index (χ0v) is 12.3. The maximum atomic E-state index is 11.9. The van der Waals surface area contributed by atoms with E-state index in [0.717, 1.165) is 19.5 Å². The molecule has 1 aromatic carbocycles. The van der Waals surface area contributed by atoms with Crippen LogP contribution in [0.1, 0.15) is 19.4 Å². The summed E-state index contributed by atoms with van der Waals surface area (Å²) in [5.41, 5.74) is 1.25. The lowest BCUT2D eigenvalue weighted by Crippen LogP contribution is -2.49. The Morgan fingerprint density at radius 1 is 1.25 bits per heavy atom. The van der Waals surface area contributed by atoms with Crippen molar-refractivity contribution in [2.45, 2.75) is 32.5 Å². The SMILES string of the molecule is C[C@@H]1CN(CC(=O)NCCc2ccccc2)C[C@@H](C)O1. The van der Waals surface area contributed by atoms with Crippen LogP contribution in [0.2, 0.25) is 0 Å². The van der Waals surface area contributed by atoms with Crippen LogP contribution in [0.4, 0.5) is 0 Å². The molecular formula is C16H24N2O2. The van der Waals surface area contributed by atoms with Crippen molar-refractivity contribution in [2.24, 2.45) is 0 Å². The molecule has 110 valence electrons. The van der Waals surface area contributed by atoms with Gasteiger partial charge in [0.2, 0.25) is 5.91 Å². The van der Waals surface area contributed by atoms with Crippen LogP contribution in [0.15, 0.2) is 30.3 Å². The van der Waals surface area contributed by atoms with Gasteiger partial charge >= 0.3 is 0 Å². The molecule has 4 nitrogen and oxygen atoms in total. The summed E-state index contributed by atoms with van der Waals surface area (Å²) in [4.78, 5) is 14.1. The highest BCUT2D eigenvalue weighted by Crippen LogP contribution is 2.09. The fraction of sp³-hybridized carbons (Fsp3) is 0.562. The Morgan fingerprint density at radius 3 is 2.55 bits per heavy atom. The van der Waals surface area contributed by atoms with Crippen molar-refractivity contribution in [2.75, 3.05) is 26.2 Å². The number of benzene rings is 1. The zero-order chi connectivity index (χ0) is 14.4. The van der Waals surface area contributed by atoms with E-state index in [1.807, 2.05) is 18.2 Å². The lowest BCUT2D eigenvalue weighted by atomic mass is 10.1. The second kappa shape index (κ2) is 7.41. The largest absolute Gasteiger partial charge is 0.373 e. The summed E-state index contributed by atoms with van der Waals surface area (Å²) in [5.74, 6) is 0.0993. The van der Waals surface area contributed by atoms with Gasteiger partial charge in [0, 0.05) is 19.6 Å². The van der Waals surface area contributed by atoms with Gasteiger partial charge < -0.3 is 10.1 Å². The number of amides is 1. The third kappa shape index (κ3) is 4.94. The zero-order valence-electron chi connectivity index (χ0n) is 12.3. The topological polar surface area (TPSA) is 41.6 Å². The van der Waals surface area contributed by atoms with Crippen molar-refractivity contribution in [1.82, 2.24) is 10.2 Å². The Balaban J connectivity index is 1.67. The van der Waals surface area contributed by atoms with E-state index >= 15 is 0 Å². The third-order valence-corrected chi connectivity index (χ3v) is 3.44. The third-order valence-electron chi connectivity index (χ3n) is 3.44. The maximum absolute atomic E-state index is 11.9. The van der Waals surface area contributed by atoms with Crippen molar-refractivity contribution in [3.63, 3.8) is 0 Å². The summed E-state index contributed by atoms with van der Waals surface area (Å²) in [6, 6.07) is 10.2. The van der Waals surface area contributed by atoms with Gasteiger partial charge in [-0.3, -0.25) is 9.69 Å². The molecule has 0 unspecified atom stereocenters. The minimum absolute atomic E-state index is 0.0993. The normalized spacial score (nSPS) is 23.5. The number of ether oxygens (including phenoxy) is 1. The summed E-state index contributed by atoms with van der Waals surface area (Å²) in [5, 5.41) is 2.99. The predicted octanol–water partition coefficient (Wildman–Crippen LogP) is 1.45. The van der Waals surface area contributed by atoms with Crippen molar-refractivity contribution >= 4 is 5.91 Å². The van der Waals surface area contributed by atoms with Gasteiger partial charge in [-0.05, 0) is 25.8 Å². The van der Waals surface area contributed by atoms with E-state index in [-0.39, 0.29) is 18.1 Å². The number of carbonyl (C=O) groups is 1. The molecule has 20 heavy (non-hydrogen) atoms. The first-order valence-corrected chi connectivity index (χ1v) is 7.32. The quantitative estimate of drug-likeness (QED) is 0.885. The minimum atomic E-state index is 0.0993. The van der Waals surface area contributed by atoms with E-state index in [4.69, 9.17) is 4.74 Å². The Hall–Kier alpha value is -1.39. The molecule has 1 saturated heterocycles. The fourth-order valence-corrected chi connectivity index (χ4v) is 2.66. The number of nitrogens with zero attached hydrogens (tertiary/aromatic N) is 1. The van der Waals surface area contributed by atoms with Crippen LogP contribution in [0.5, 0.6) is 0 Å². The van der Waals surface area contributed by atoms with Crippen molar-refractivity contribution < 1.29 is 9.53 Å². The predicted molar refractivity (Wildman–Crippen MR) is 79.6 cm³/mol. The number of carbonyl (C=O) groups excluding carboxylic acids is 1. The molecule has 1 fully saturated rings. The molecule has 2 rings (SSSR count). The van der Waals surface area contributed by atoms with E-state index in [0.29, 0.717) is 13.1 Å². The van der Waals surface area contributed by atoms with E-state index in [1.54, 1.807) is 0 Å². The van der Waals surface area contributed by atoms with Crippen LogP contribution in [0.3, 0.4) is 0 Å². The molecule has 2 atom stereocenters. The van der Waals surface area contributed by atoms with Gasteiger partial charge in [0.25, 0.3) is 0 Å². The lowest BCUT2D eigenvalue weighted by Gasteiger charge is -2.34. The Labute approximate surface area is 121 Å². The first kappa shape index (κ1) is 15.0. The van der Waals surface area contributed by atoms with E-state index in [2.05, 4.69) is 36.2 Å². The highest BCUT2D eigenvalue weighted by Gasteiger charge is 2.23. The first-order chi connectivity index (χ1) is 9.63. The molecule has 1 amide bonds. The summed E-state index contributed by atoms with van der Waals surface area (Å²) in [6.07, 6.45) is 1.29. The highest BCUT2D eigenvalue weighted by molar-refractivity contribution is 5.78. The lowest BCUT2D eigenvalue weighted by molar-refractivity contribution is -0.125. The highest BCUT2D eigenvalue weighted by atomic mass is 16.5. The van der Waals surface area contributed by atoms with Crippen LogP contribution in [-0.2, 0) is 16.0 Å². The van der Waals surface area contributed by atoms with Gasteiger partial charge in [-0.25, -0.2) is 0 Å². The van der Waals surface area contributed by atoms with Gasteiger partial charge in [0.05, 0.1) is 18.8 Å². The Bertz CT molecular complexity index is 412. The fourth-order valence-electron chi connectivity index (χ4n) is 2.66. The molecule has 0 radical (unpaired) electrons. The van der Waals surface area contributed by atoms with Gasteiger partial charge in [0.1, 0.15) is 0 Å². The molecule has 1 aliphatic heterocycles. The van der Waals surface area contributed by atoms with Gasteiger partial charge in [-0.1, -0.05) is 30.3 Å². The number of hydrogen-bond acceptors (Lipinski definition) is 3. The average molecular weight is 276 g/mol. The standard InChI is InChI=1S/C16H24N2O2/c1-13-10-18(11-14(2)20-13)12-16(19)17-9-8-15-6-4-3-5-7-15/h3-7,13-14H,8-12H2,1-2H3,(H,17,19)/t13-,14-/m1/s1. The Morgan fingerprint density at radius 2 is 1.90 bits per heavy atom. The number of rotatable bonds is 5. The molecule has 1 N–H and O–H groups in total. The summed E-state index contributed by atoms with van der Waals surface area (Å²) in [7, 11) is 0. The van der Waals surface area contributed by atoms with Crippen LogP contribution < -0.4 is 5.32 Å². The van der Waals surface area contributed by atoms with Gasteiger partial charge in [-0.15, -0.1) is 0 Å². The second-order valence-electron chi connectivity index (χ2n) is 5.54. The monoisotopic (exact) mass is 276 g/mol. The molecular weight excluding hydrogens is 252 g/mol. The second-order valence-corrected chi connectivity index (χ2v) is 5.54. The van der Waals surface area contributed by atoms with Crippen LogP contribution in [-0.4, -0.2) is 49.2 Å². The van der Waals surface area contributed by atoms with Crippen molar-refractivity contribution in [3.05, 3.63) is 35.9 Å². The Kier molecular flexibility index (Phi) is 5.56. The summed E-state index contributed by atoms with van der Waals surface area (Å²) < 4.78 is 5.66.